The lowest BCUT2D eigenvalue weighted by Gasteiger charge is -2.06. The molecule has 3 rings (SSSR count). The molecule has 5 nitrogen and oxygen atoms in total. The van der Waals surface area contributed by atoms with Crippen LogP contribution in [0.2, 0.25) is 0 Å². The van der Waals surface area contributed by atoms with Crippen molar-refractivity contribution in [3.63, 3.8) is 0 Å². The first-order valence-electron chi connectivity index (χ1n) is 8.83. The number of benzene rings is 1. The zero-order valence-corrected chi connectivity index (χ0v) is 16.3. The Labute approximate surface area is 158 Å². The summed E-state index contributed by atoms with van der Waals surface area (Å²) in [6.07, 6.45) is 2.17. The van der Waals surface area contributed by atoms with Gasteiger partial charge in [0, 0.05) is 35.3 Å². The topological polar surface area (TPSA) is 59.8 Å². The second kappa shape index (κ2) is 8.27. The number of carbonyl (C=O) groups is 1. The number of hydrogen-bond donors (Lipinski definition) is 1. The van der Waals surface area contributed by atoms with Crippen LogP contribution in [-0.2, 0) is 17.6 Å². The Bertz CT molecular complexity index is 883. The zero-order valence-electron chi connectivity index (χ0n) is 15.5. The number of carbonyl (C=O) groups excluding carboxylic acids is 1. The largest absolute Gasteiger partial charge is 0.356 e. The predicted octanol–water partition coefficient (Wildman–Crippen LogP) is 3.55. The molecule has 26 heavy (non-hydrogen) atoms. The van der Waals surface area contributed by atoms with Crippen LogP contribution >= 0.6 is 11.3 Å². The summed E-state index contributed by atoms with van der Waals surface area (Å²) in [5.74, 6) is 0.0409. The van der Waals surface area contributed by atoms with Gasteiger partial charge in [-0.2, -0.15) is 5.10 Å². The number of nitrogens with zero attached hydrogens (tertiary/aromatic N) is 3. The molecule has 0 aliphatic carbocycles. The van der Waals surface area contributed by atoms with Gasteiger partial charge in [-0.3, -0.25) is 4.79 Å². The first-order chi connectivity index (χ1) is 12.5. The quantitative estimate of drug-likeness (QED) is 0.649. The van der Waals surface area contributed by atoms with Crippen molar-refractivity contribution in [3.8, 4) is 5.69 Å². The van der Waals surface area contributed by atoms with Gasteiger partial charge in [0.1, 0.15) is 0 Å². The van der Waals surface area contributed by atoms with E-state index in [0.29, 0.717) is 13.0 Å². The van der Waals surface area contributed by atoms with Gasteiger partial charge in [0.25, 0.3) is 0 Å². The maximum Gasteiger partial charge on any atom is 0.224 e. The number of thiazole rings is 1. The van der Waals surface area contributed by atoms with Gasteiger partial charge in [-0.05, 0) is 39.3 Å². The van der Waals surface area contributed by atoms with Crippen LogP contribution in [0.25, 0.3) is 5.69 Å². The van der Waals surface area contributed by atoms with Gasteiger partial charge in [0.2, 0.25) is 5.91 Å². The lowest BCUT2D eigenvalue weighted by molar-refractivity contribution is -0.120. The van der Waals surface area contributed by atoms with Gasteiger partial charge in [0.15, 0.2) is 0 Å². The normalized spacial score (nSPS) is 10.9. The van der Waals surface area contributed by atoms with Crippen LogP contribution in [-0.4, -0.2) is 27.2 Å². The summed E-state index contributed by atoms with van der Waals surface area (Å²) >= 11 is 1.68. The average molecular weight is 369 g/mol. The van der Waals surface area contributed by atoms with E-state index in [4.69, 9.17) is 0 Å². The van der Waals surface area contributed by atoms with Crippen molar-refractivity contribution >= 4 is 17.2 Å². The summed E-state index contributed by atoms with van der Waals surface area (Å²) in [7, 11) is 0. The number of rotatable bonds is 7. The lowest BCUT2D eigenvalue weighted by atomic mass is 10.1. The van der Waals surface area contributed by atoms with E-state index in [1.807, 2.05) is 55.8 Å². The van der Waals surface area contributed by atoms with E-state index in [1.54, 1.807) is 11.3 Å². The molecule has 6 heteroatoms. The van der Waals surface area contributed by atoms with Crippen molar-refractivity contribution in [3.05, 3.63) is 63.4 Å². The molecule has 2 heterocycles. The number of aromatic nitrogens is 3. The maximum atomic E-state index is 12.3. The molecule has 0 unspecified atom stereocenters. The Kier molecular flexibility index (Phi) is 5.83. The molecule has 0 atom stereocenters. The van der Waals surface area contributed by atoms with Gasteiger partial charge >= 0.3 is 0 Å². The van der Waals surface area contributed by atoms with Crippen molar-refractivity contribution in [2.24, 2.45) is 0 Å². The number of nitrogens with one attached hydrogen (secondary N) is 1. The molecular formula is C20H24N4OS. The van der Waals surface area contributed by atoms with E-state index in [-0.39, 0.29) is 5.91 Å². The van der Waals surface area contributed by atoms with E-state index < -0.39 is 0 Å². The van der Waals surface area contributed by atoms with Gasteiger partial charge in [-0.1, -0.05) is 18.2 Å². The predicted molar refractivity (Wildman–Crippen MR) is 105 cm³/mol. The molecule has 2 aromatic heterocycles. The summed E-state index contributed by atoms with van der Waals surface area (Å²) in [6.45, 7) is 6.64. The van der Waals surface area contributed by atoms with E-state index >= 15 is 0 Å². The Morgan fingerprint density at radius 3 is 2.65 bits per heavy atom. The molecule has 0 saturated carbocycles. The number of hydrogen-bond acceptors (Lipinski definition) is 4. The molecule has 3 aromatic rings. The average Bonchev–Trinajstić information content (AvgIpc) is 3.17. The maximum absolute atomic E-state index is 12.3. The molecule has 0 radical (unpaired) electrons. The molecule has 1 amide bonds. The van der Waals surface area contributed by atoms with Crippen LogP contribution in [0.3, 0.4) is 0 Å². The summed E-state index contributed by atoms with van der Waals surface area (Å²) < 4.78 is 1.91. The fourth-order valence-electron chi connectivity index (χ4n) is 2.96. The van der Waals surface area contributed by atoms with Crippen LogP contribution in [0.15, 0.2) is 35.7 Å². The molecule has 0 fully saturated rings. The smallest absolute Gasteiger partial charge is 0.224 e. The van der Waals surface area contributed by atoms with Gasteiger partial charge in [-0.15, -0.1) is 11.3 Å². The number of para-hydroxylation sites is 1. The van der Waals surface area contributed by atoms with Gasteiger partial charge in [0.05, 0.1) is 22.8 Å². The third kappa shape index (κ3) is 4.38. The molecule has 136 valence electrons. The molecule has 1 N–H and O–H groups in total. The molecule has 0 aliphatic heterocycles. The SMILES string of the molecule is Cc1csc(CCCNC(=O)Cc2c(C)nn(-c3ccccc3)c2C)n1. The minimum absolute atomic E-state index is 0.0409. The third-order valence-electron chi connectivity index (χ3n) is 4.34. The van der Waals surface area contributed by atoms with Crippen LogP contribution < -0.4 is 5.32 Å². The van der Waals surface area contributed by atoms with Crippen LogP contribution in [0.5, 0.6) is 0 Å². The minimum atomic E-state index is 0.0409. The van der Waals surface area contributed by atoms with Crippen LogP contribution in [0.4, 0.5) is 0 Å². The minimum Gasteiger partial charge on any atom is -0.356 e. The third-order valence-corrected chi connectivity index (χ3v) is 5.36. The molecular weight excluding hydrogens is 344 g/mol. The highest BCUT2D eigenvalue weighted by molar-refractivity contribution is 7.09. The van der Waals surface area contributed by atoms with Crippen molar-refractivity contribution in [1.29, 1.82) is 0 Å². The van der Waals surface area contributed by atoms with Crippen LogP contribution in [0.1, 0.15) is 34.1 Å². The standard InChI is InChI=1S/C20H24N4OS/c1-14-13-26-20(22-14)10-7-11-21-19(25)12-18-15(2)23-24(16(18)3)17-8-5-4-6-9-17/h4-6,8-9,13H,7,10-12H2,1-3H3,(H,21,25). The van der Waals surface area contributed by atoms with Gasteiger partial charge < -0.3 is 5.32 Å². The lowest BCUT2D eigenvalue weighted by Crippen LogP contribution is -2.26. The summed E-state index contributed by atoms with van der Waals surface area (Å²) in [4.78, 5) is 16.8. The fourth-order valence-corrected chi connectivity index (χ4v) is 3.78. The molecule has 1 aromatic carbocycles. The summed E-state index contributed by atoms with van der Waals surface area (Å²) in [5.41, 5.74) is 5.00. The van der Waals surface area contributed by atoms with Crippen molar-refractivity contribution in [2.45, 2.75) is 40.0 Å². The molecule has 0 saturated heterocycles. The Morgan fingerprint density at radius 1 is 1.19 bits per heavy atom. The zero-order chi connectivity index (χ0) is 18.5. The Balaban J connectivity index is 1.55. The highest BCUT2D eigenvalue weighted by Crippen LogP contribution is 2.18. The molecule has 0 spiro atoms. The van der Waals surface area contributed by atoms with Crippen LogP contribution in [0, 0.1) is 20.8 Å². The van der Waals surface area contributed by atoms with Crippen molar-refractivity contribution in [1.82, 2.24) is 20.1 Å². The van der Waals surface area contributed by atoms with Crippen molar-refractivity contribution < 1.29 is 4.79 Å². The second-order valence-electron chi connectivity index (χ2n) is 6.41. The second-order valence-corrected chi connectivity index (χ2v) is 7.35. The summed E-state index contributed by atoms with van der Waals surface area (Å²) in [6, 6.07) is 9.99. The van der Waals surface area contributed by atoms with Gasteiger partial charge in [-0.25, -0.2) is 9.67 Å². The van der Waals surface area contributed by atoms with Crippen molar-refractivity contribution in [2.75, 3.05) is 6.54 Å². The number of aryl methyl sites for hydroxylation is 3. The fraction of sp³-hybridized carbons (Fsp3) is 0.350. The van der Waals surface area contributed by atoms with E-state index in [2.05, 4.69) is 20.8 Å². The molecule has 0 bridgehead atoms. The highest BCUT2D eigenvalue weighted by Gasteiger charge is 2.15. The Hall–Kier alpha value is -2.47. The molecule has 0 aliphatic rings. The summed E-state index contributed by atoms with van der Waals surface area (Å²) in [5, 5.41) is 10.8. The first-order valence-corrected chi connectivity index (χ1v) is 9.71. The monoisotopic (exact) mass is 368 g/mol. The number of amides is 1. The first kappa shape index (κ1) is 18.3. The van der Waals surface area contributed by atoms with E-state index in [0.717, 1.165) is 46.2 Å². The Morgan fingerprint density at radius 2 is 1.96 bits per heavy atom. The van der Waals surface area contributed by atoms with E-state index in [1.165, 1.54) is 0 Å². The van der Waals surface area contributed by atoms with E-state index in [9.17, 15) is 4.79 Å². The highest BCUT2D eigenvalue weighted by atomic mass is 32.1.